The summed E-state index contributed by atoms with van der Waals surface area (Å²) in [7, 11) is 0. The number of nitrogens with one attached hydrogen (secondary N) is 1. The monoisotopic (exact) mass is 490 g/mol. The van der Waals surface area contributed by atoms with E-state index in [4.69, 9.17) is 37.0 Å². The van der Waals surface area contributed by atoms with Crippen LogP contribution in [0.2, 0.25) is 5.02 Å². The maximum absolute atomic E-state index is 12.5. The summed E-state index contributed by atoms with van der Waals surface area (Å²) in [6.45, 7) is 1.61. The van der Waals surface area contributed by atoms with Gasteiger partial charge in [-0.3, -0.25) is 23.9 Å². The summed E-state index contributed by atoms with van der Waals surface area (Å²) in [5.74, 6) is -0.150. The van der Waals surface area contributed by atoms with Crippen LogP contribution < -0.4 is 11.2 Å². The van der Waals surface area contributed by atoms with Gasteiger partial charge in [0.1, 0.15) is 12.7 Å². The molecule has 1 fully saturated rings. The quantitative estimate of drug-likeness (QED) is 0.353. The summed E-state index contributed by atoms with van der Waals surface area (Å²) in [5, 5.41) is 0.412. The smallest absolute Gasteiger partial charge is 0.338 e. The summed E-state index contributed by atoms with van der Waals surface area (Å²) in [6.07, 6.45) is 2.50. The molecule has 2 aromatic rings. The van der Waals surface area contributed by atoms with E-state index in [1.54, 1.807) is 0 Å². The maximum atomic E-state index is 12.5. The first kappa shape index (κ1) is 24.8. The number of hydrogen-bond donors (Lipinski definition) is 1. The standard InChI is InChI=1S/C22H19ClN2O9/c1-4-22(34-13(3)27)16(11-31-20(29)14-5-7-15(23)8-6-14)33-19(18(22)32-12(2)26)25-10-9-17(28)24-21(25)30/h1,5-10,16,18-19H,11H2,2-3H3,(H,24,28,30)/t16-,18+,19-,22-/m1/s1. The minimum atomic E-state index is -2.07. The van der Waals surface area contributed by atoms with Crippen molar-refractivity contribution < 1.29 is 33.3 Å². The van der Waals surface area contributed by atoms with Gasteiger partial charge in [-0.1, -0.05) is 17.5 Å². The van der Waals surface area contributed by atoms with Gasteiger partial charge >= 0.3 is 23.6 Å². The Morgan fingerprint density at radius 3 is 2.41 bits per heavy atom. The molecule has 0 radical (unpaired) electrons. The molecule has 34 heavy (non-hydrogen) atoms. The van der Waals surface area contributed by atoms with Gasteiger partial charge in [0, 0.05) is 31.1 Å². The lowest BCUT2D eigenvalue weighted by molar-refractivity contribution is -0.175. The van der Waals surface area contributed by atoms with Gasteiger partial charge in [-0.2, -0.15) is 0 Å². The second-order valence-electron chi connectivity index (χ2n) is 7.20. The number of terminal acetylenes is 1. The van der Waals surface area contributed by atoms with Crippen LogP contribution in [0.4, 0.5) is 0 Å². The number of aromatic nitrogens is 2. The Hall–Kier alpha value is -3.88. The topological polar surface area (TPSA) is 143 Å². The number of ether oxygens (including phenoxy) is 4. The van der Waals surface area contributed by atoms with Crippen LogP contribution in [0.15, 0.2) is 46.1 Å². The fraction of sp³-hybridized carbons (Fsp3) is 0.318. The van der Waals surface area contributed by atoms with E-state index in [0.717, 1.165) is 30.7 Å². The molecule has 0 unspecified atom stereocenters. The van der Waals surface area contributed by atoms with Crippen molar-refractivity contribution in [2.75, 3.05) is 6.61 Å². The van der Waals surface area contributed by atoms with Crippen LogP contribution in [-0.2, 0) is 28.5 Å². The molecular weight excluding hydrogens is 472 g/mol. The Bertz CT molecular complexity index is 1260. The zero-order chi connectivity index (χ0) is 25.0. The van der Waals surface area contributed by atoms with Gasteiger partial charge in [-0.15, -0.1) is 6.42 Å². The summed E-state index contributed by atoms with van der Waals surface area (Å²) in [6, 6.07) is 6.89. The van der Waals surface area contributed by atoms with Gasteiger partial charge in [0.2, 0.25) is 11.7 Å². The first-order valence-corrected chi connectivity index (χ1v) is 10.2. The Kier molecular flexibility index (Phi) is 7.24. The average molecular weight is 491 g/mol. The number of aromatic amines is 1. The second-order valence-corrected chi connectivity index (χ2v) is 7.64. The minimum absolute atomic E-state index is 0.172. The van der Waals surface area contributed by atoms with Gasteiger partial charge in [0.25, 0.3) is 5.56 Å². The third kappa shape index (κ3) is 5.03. The first-order chi connectivity index (χ1) is 16.1. The van der Waals surface area contributed by atoms with Crippen molar-refractivity contribution in [1.82, 2.24) is 9.55 Å². The second kappa shape index (κ2) is 9.94. The van der Waals surface area contributed by atoms with Crippen LogP contribution >= 0.6 is 11.6 Å². The van der Waals surface area contributed by atoms with Crippen LogP contribution in [0.25, 0.3) is 0 Å². The lowest BCUT2D eigenvalue weighted by Gasteiger charge is -2.32. The molecule has 1 aromatic heterocycles. The van der Waals surface area contributed by atoms with Crippen LogP contribution in [0.1, 0.15) is 30.4 Å². The highest BCUT2D eigenvalue weighted by molar-refractivity contribution is 6.30. The van der Waals surface area contributed by atoms with Gasteiger partial charge in [-0.25, -0.2) is 9.59 Å². The summed E-state index contributed by atoms with van der Waals surface area (Å²) < 4.78 is 22.7. The van der Waals surface area contributed by atoms with E-state index in [2.05, 4.69) is 5.92 Å². The van der Waals surface area contributed by atoms with E-state index in [1.165, 1.54) is 24.3 Å². The highest BCUT2D eigenvalue weighted by Gasteiger charge is 2.62. The third-order valence-electron chi connectivity index (χ3n) is 4.87. The zero-order valence-electron chi connectivity index (χ0n) is 18.0. The molecule has 1 aromatic carbocycles. The lowest BCUT2D eigenvalue weighted by atomic mass is 9.92. The molecule has 1 N–H and O–H groups in total. The number of esters is 3. The number of rotatable bonds is 6. The molecule has 0 aliphatic carbocycles. The maximum Gasteiger partial charge on any atom is 0.338 e. The van der Waals surface area contributed by atoms with Crippen molar-refractivity contribution in [2.24, 2.45) is 0 Å². The van der Waals surface area contributed by atoms with Crippen molar-refractivity contribution in [2.45, 2.75) is 37.9 Å². The third-order valence-corrected chi connectivity index (χ3v) is 5.12. The SMILES string of the molecule is C#C[C@@]1(OC(C)=O)[C@@H](COC(=O)c2ccc(Cl)cc2)O[C@@H](n2ccc(=O)[nH]c2=O)[C@@H]1OC(C)=O. The predicted octanol–water partition coefficient (Wildman–Crippen LogP) is 0.811. The molecule has 11 nitrogen and oxygen atoms in total. The molecule has 12 heteroatoms. The molecule has 3 rings (SSSR count). The van der Waals surface area contributed by atoms with Gasteiger partial charge in [0.05, 0.1) is 5.56 Å². The summed E-state index contributed by atoms with van der Waals surface area (Å²) >= 11 is 5.82. The van der Waals surface area contributed by atoms with Crippen LogP contribution in [0, 0.1) is 12.3 Å². The minimum Gasteiger partial charge on any atom is -0.459 e. The van der Waals surface area contributed by atoms with E-state index in [1.807, 2.05) is 4.98 Å². The first-order valence-electron chi connectivity index (χ1n) is 9.81. The van der Waals surface area contributed by atoms with E-state index in [0.29, 0.717) is 5.02 Å². The molecular formula is C22H19ClN2O9. The summed E-state index contributed by atoms with van der Waals surface area (Å²) in [4.78, 5) is 62.2. The Labute approximate surface area is 197 Å². The molecule has 0 spiro atoms. The molecule has 4 atom stereocenters. The van der Waals surface area contributed by atoms with E-state index >= 15 is 0 Å². The zero-order valence-corrected chi connectivity index (χ0v) is 18.7. The van der Waals surface area contributed by atoms with Gasteiger partial charge in [-0.05, 0) is 24.3 Å². The molecule has 1 saturated heterocycles. The number of hydrogen-bond acceptors (Lipinski definition) is 9. The molecule has 1 aliphatic rings. The Morgan fingerprint density at radius 1 is 1.18 bits per heavy atom. The van der Waals surface area contributed by atoms with Crippen LogP contribution in [0.3, 0.4) is 0 Å². The van der Waals surface area contributed by atoms with Crippen molar-refractivity contribution in [3.63, 3.8) is 0 Å². The molecule has 0 bridgehead atoms. The normalized spacial score (nSPS) is 23.5. The Balaban J connectivity index is 2.00. The van der Waals surface area contributed by atoms with E-state index in [9.17, 15) is 24.0 Å². The fourth-order valence-electron chi connectivity index (χ4n) is 3.45. The molecule has 0 amide bonds. The highest BCUT2D eigenvalue weighted by atomic mass is 35.5. The van der Waals surface area contributed by atoms with E-state index < -0.39 is 59.8 Å². The van der Waals surface area contributed by atoms with Crippen molar-refractivity contribution >= 4 is 29.5 Å². The van der Waals surface area contributed by atoms with Crippen LogP contribution in [-0.4, -0.2) is 51.9 Å². The number of halogens is 1. The van der Waals surface area contributed by atoms with Gasteiger partial charge < -0.3 is 18.9 Å². The van der Waals surface area contributed by atoms with Gasteiger partial charge in [0.15, 0.2) is 6.23 Å². The molecule has 2 heterocycles. The van der Waals surface area contributed by atoms with Crippen molar-refractivity contribution in [3.05, 3.63) is 68.0 Å². The molecule has 178 valence electrons. The number of benzene rings is 1. The average Bonchev–Trinajstić information content (AvgIpc) is 3.04. The van der Waals surface area contributed by atoms with Crippen molar-refractivity contribution in [3.8, 4) is 12.3 Å². The lowest BCUT2D eigenvalue weighted by Crippen LogP contribution is -2.53. The molecule has 1 aliphatic heterocycles. The highest BCUT2D eigenvalue weighted by Crippen LogP contribution is 2.41. The predicted molar refractivity (Wildman–Crippen MR) is 116 cm³/mol. The van der Waals surface area contributed by atoms with Crippen LogP contribution in [0.5, 0.6) is 0 Å². The fourth-order valence-corrected chi connectivity index (χ4v) is 3.58. The number of nitrogens with zero attached hydrogens (tertiary/aromatic N) is 1. The Morgan fingerprint density at radius 2 is 1.85 bits per heavy atom. The largest absolute Gasteiger partial charge is 0.459 e. The number of H-pyrrole nitrogens is 1. The van der Waals surface area contributed by atoms with E-state index in [-0.39, 0.29) is 5.56 Å². The number of carbonyl (C=O) groups is 3. The summed E-state index contributed by atoms with van der Waals surface area (Å²) in [5.41, 5.74) is -3.48. The van der Waals surface area contributed by atoms with Crippen molar-refractivity contribution in [1.29, 1.82) is 0 Å². The number of carbonyl (C=O) groups excluding carboxylic acids is 3. The molecule has 0 saturated carbocycles.